The van der Waals surface area contributed by atoms with Gasteiger partial charge in [-0.05, 0) is 28.9 Å². The second kappa shape index (κ2) is 3.91. The third kappa shape index (κ3) is 2.09. The SMILES string of the molecule is Cc1nc(Br)c(C=O)cc1C(F)F. The topological polar surface area (TPSA) is 30.0 Å². The summed E-state index contributed by atoms with van der Waals surface area (Å²) < 4.78 is 24.9. The lowest BCUT2D eigenvalue weighted by molar-refractivity contribution is 0.112. The average Bonchev–Trinajstić information content (AvgIpc) is 2.03. The molecule has 1 rings (SSSR count). The molecule has 0 radical (unpaired) electrons. The Morgan fingerprint density at radius 3 is 2.69 bits per heavy atom. The van der Waals surface area contributed by atoms with E-state index >= 15 is 0 Å². The van der Waals surface area contributed by atoms with Crippen LogP contribution in [0.4, 0.5) is 8.78 Å². The molecule has 0 spiro atoms. The van der Waals surface area contributed by atoms with Gasteiger partial charge in [0.1, 0.15) is 4.60 Å². The van der Waals surface area contributed by atoms with Crippen LogP contribution >= 0.6 is 15.9 Å². The second-order valence-electron chi connectivity index (χ2n) is 2.46. The van der Waals surface area contributed by atoms with Crippen LogP contribution in [-0.4, -0.2) is 11.3 Å². The summed E-state index contributed by atoms with van der Waals surface area (Å²) in [5.41, 5.74) is 0.165. The zero-order chi connectivity index (χ0) is 10.0. The molecule has 1 heterocycles. The number of carbonyl (C=O) groups is 1. The molecule has 0 saturated heterocycles. The van der Waals surface area contributed by atoms with E-state index in [1.54, 1.807) is 0 Å². The van der Waals surface area contributed by atoms with Crippen molar-refractivity contribution in [1.82, 2.24) is 4.98 Å². The first-order valence-corrected chi connectivity index (χ1v) is 4.26. The molecular formula is C8H6BrF2NO. The van der Waals surface area contributed by atoms with Crippen LogP contribution in [0.2, 0.25) is 0 Å². The van der Waals surface area contributed by atoms with Gasteiger partial charge in [0.15, 0.2) is 6.29 Å². The monoisotopic (exact) mass is 249 g/mol. The molecule has 0 aromatic carbocycles. The zero-order valence-electron chi connectivity index (χ0n) is 6.72. The third-order valence-electron chi connectivity index (χ3n) is 1.59. The van der Waals surface area contributed by atoms with E-state index in [0.717, 1.165) is 6.07 Å². The molecule has 5 heteroatoms. The van der Waals surface area contributed by atoms with E-state index in [1.807, 2.05) is 0 Å². The number of halogens is 3. The summed E-state index contributed by atoms with van der Waals surface area (Å²) in [5, 5.41) is 0. The molecule has 0 aliphatic rings. The number of carbonyl (C=O) groups excluding carboxylic acids is 1. The van der Waals surface area contributed by atoms with E-state index in [2.05, 4.69) is 20.9 Å². The number of aldehydes is 1. The number of rotatable bonds is 2. The number of pyridine rings is 1. The van der Waals surface area contributed by atoms with Crippen molar-refractivity contribution in [2.24, 2.45) is 0 Å². The number of hydrogen-bond acceptors (Lipinski definition) is 2. The molecule has 0 bridgehead atoms. The van der Waals surface area contributed by atoms with Crippen LogP contribution in [0, 0.1) is 6.92 Å². The van der Waals surface area contributed by atoms with Gasteiger partial charge in [-0.3, -0.25) is 4.79 Å². The van der Waals surface area contributed by atoms with Crippen LogP contribution in [0.1, 0.15) is 28.0 Å². The van der Waals surface area contributed by atoms with E-state index in [0.29, 0.717) is 10.9 Å². The summed E-state index contributed by atoms with van der Waals surface area (Å²) in [6.07, 6.45) is -2.11. The summed E-state index contributed by atoms with van der Waals surface area (Å²) in [7, 11) is 0. The molecule has 0 N–H and O–H groups in total. The summed E-state index contributed by atoms with van der Waals surface area (Å²) >= 11 is 3.00. The standard InChI is InChI=1S/C8H6BrF2NO/c1-4-6(8(10)11)2-5(3-13)7(9)12-4/h2-3,8H,1H3. The van der Waals surface area contributed by atoms with Crippen molar-refractivity contribution in [1.29, 1.82) is 0 Å². The van der Waals surface area contributed by atoms with Gasteiger partial charge < -0.3 is 0 Å². The van der Waals surface area contributed by atoms with E-state index in [-0.39, 0.29) is 16.8 Å². The van der Waals surface area contributed by atoms with Crippen LogP contribution < -0.4 is 0 Å². The van der Waals surface area contributed by atoms with Crippen LogP contribution in [0.5, 0.6) is 0 Å². The van der Waals surface area contributed by atoms with Crippen LogP contribution in [0.25, 0.3) is 0 Å². The van der Waals surface area contributed by atoms with Gasteiger partial charge in [-0.25, -0.2) is 13.8 Å². The van der Waals surface area contributed by atoms with Crippen LogP contribution in [0.3, 0.4) is 0 Å². The fraction of sp³-hybridized carbons (Fsp3) is 0.250. The van der Waals surface area contributed by atoms with Crippen molar-refractivity contribution in [3.8, 4) is 0 Å². The van der Waals surface area contributed by atoms with Crippen molar-refractivity contribution in [2.75, 3.05) is 0 Å². The number of aromatic nitrogens is 1. The smallest absolute Gasteiger partial charge is 0.265 e. The maximum Gasteiger partial charge on any atom is 0.265 e. The minimum atomic E-state index is -2.60. The minimum Gasteiger partial charge on any atom is -0.298 e. The Morgan fingerprint density at radius 2 is 2.23 bits per heavy atom. The normalized spacial score (nSPS) is 10.5. The molecule has 0 saturated carbocycles. The highest BCUT2D eigenvalue weighted by Crippen LogP contribution is 2.25. The van der Waals surface area contributed by atoms with Crippen LogP contribution in [0.15, 0.2) is 10.7 Å². The highest BCUT2D eigenvalue weighted by atomic mass is 79.9. The summed E-state index contributed by atoms with van der Waals surface area (Å²) in [5.74, 6) is 0. The number of hydrogen-bond donors (Lipinski definition) is 0. The van der Waals surface area contributed by atoms with Gasteiger partial charge in [-0.15, -0.1) is 0 Å². The first-order chi connectivity index (χ1) is 6.06. The largest absolute Gasteiger partial charge is 0.298 e. The second-order valence-corrected chi connectivity index (χ2v) is 3.21. The van der Waals surface area contributed by atoms with Crippen molar-refractivity contribution in [3.05, 3.63) is 27.5 Å². The fourth-order valence-corrected chi connectivity index (χ4v) is 1.39. The van der Waals surface area contributed by atoms with E-state index < -0.39 is 6.43 Å². The molecule has 0 amide bonds. The molecule has 13 heavy (non-hydrogen) atoms. The summed E-state index contributed by atoms with van der Waals surface area (Å²) in [6.45, 7) is 1.47. The minimum absolute atomic E-state index is 0.140. The molecule has 0 fully saturated rings. The van der Waals surface area contributed by atoms with E-state index in [9.17, 15) is 13.6 Å². The zero-order valence-corrected chi connectivity index (χ0v) is 8.31. The molecule has 0 unspecified atom stereocenters. The average molecular weight is 250 g/mol. The van der Waals surface area contributed by atoms with Gasteiger partial charge in [-0.2, -0.15) is 0 Å². The maximum absolute atomic E-state index is 12.3. The van der Waals surface area contributed by atoms with Crippen molar-refractivity contribution < 1.29 is 13.6 Å². The van der Waals surface area contributed by atoms with Gasteiger partial charge in [0, 0.05) is 16.8 Å². The lowest BCUT2D eigenvalue weighted by Crippen LogP contribution is -1.97. The summed E-state index contributed by atoms with van der Waals surface area (Å²) in [6, 6.07) is 1.14. The third-order valence-corrected chi connectivity index (χ3v) is 2.23. The fourth-order valence-electron chi connectivity index (χ4n) is 0.911. The molecule has 0 aliphatic heterocycles. The molecule has 70 valence electrons. The first kappa shape index (κ1) is 10.2. The maximum atomic E-state index is 12.3. The van der Waals surface area contributed by atoms with Gasteiger partial charge >= 0.3 is 0 Å². The van der Waals surface area contributed by atoms with Crippen molar-refractivity contribution in [2.45, 2.75) is 13.3 Å². The Labute approximate surface area is 82.1 Å². The van der Waals surface area contributed by atoms with Crippen LogP contribution in [-0.2, 0) is 0 Å². The van der Waals surface area contributed by atoms with Gasteiger partial charge in [0.2, 0.25) is 0 Å². The number of alkyl halides is 2. The molecular weight excluding hydrogens is 244 g/mol. The van der Waals surface area contributed by atoms with E-state index in [4.69, 9.17) is 0 Å². The molecule has 1 aromatic heterocycles. The Morgan fingerprint density at radius 1 is 1.62 bits per heavy atom. The first-order valence-electron chi connectivity index (χ1n) is 3.46. The van der Waals surface area contributed by atoms with Gasteiger partial charge in [-0.1, -0.05) is 0 Å². The predicted molar refractivity (Wildman–Crippen MR) is 47.0 cm³/mol. The number of aryl methyl sites for hydroxylation is 1. The predicted octanol–water partition coefficient (Wildman–Crippen LogP) is 2.90. The van der Waals surface area contributed by atoms with E-state index in [1.165, 1.54) is 6.92 Å². The highest BCUT2D eigenvalue weighted by Gasteiger charge is 2.14. The van der Waals surface area contributed by atoms with Gasteiger partial charge in [0.05, 0.1) is 0 Å². The number of nitrogens with zero attached hydrogens (tertiary/aromatic N) is 1. The van der Waals surface area contributed by atoms with Crippen molar-refractivity contribution >= 4 is 22.2 Å². The molecule has 2 nitrogen and oxygen atoms in total. The molecule has 0 atom stereocenters. The van der Waals surface area contributed by atoms with Crippen molar-refractivity contribution in [3.63, 3.8) is 0 Å². The Bertz CT molecular complexity index is 341. The quantitative estimate of drug-likeness (QED) is 0.596. The van der Waals surface area contributed by atoms with Gasteiger partial charge in [0.25, 0.3) is 6.43 Å². The molecule has 0 aliphatic carbocycles. The Balaban J connectivity index is 3.30. The Kier molecular flexibility index (Phi) is 3.08. The lowest BCUT2D eigenvalue weighted by Gasteiger charge is -2.05. The highest BCUT2D eigenvalue weighted by molar-refractivity contribution is 9.10. The molecule has 1 aromatic rings. The Hall–Kier alpha value is -0.840. The lowest BCUT2D eigenvalue weighted by atomic mass is 10.1. The summed E-state index contributed by atoms with van der Waals surface area (Å²) in [4.78, 5) is 14.2.